The number of rotatable bonds is 5. The van der Waals surface area contributed by atoms with Crippen LogP contribution in [0.5, 0.6) is 5.75 Å². The standard InChI is InChI=1S/C21H20N4O2/c1-24-17-9-6-10-19(27-2)16(17)13-18(24)21(26)22-20-11-12-25(23-20)14-15-7-4-3-5-8-15/h3-13H,14H2,1-2H3,(H,22,23,26). The van der Waals surface area contributed by atoms with Crippen molar-refractivity contribution in [2.75, 3.05) is 12.4 Å². The molecule has 6 heteroatoms. The minimum absolute atomic E-state index is 0.208. The van der Waals surface area contributed by atoms with Gasteiger partial charge in [-0.3, -0.25) is 9.48 Å². The van der Waals surface area contributed by atoms with Crippen LogP contribution >= 0.6 is 0 Å². The van der Waals surface area contributed by atoms with Gasteiger partial charge in [-0.1, -0.05) is 36.4 Å². The highest BCUT2D eigenvalue weighted by Crippen LogP contribution is 2.28. The Kier molecular flexibility index (Phi) is 4.38. The number of carbonyl (C=O) groups is 1. The Balaban J connectivity index is 1.55. The van der Waals surface area contributed by atoms with Gasteiger partial charge in [-0.2, -0.15) is 5.10 Å². The second-order valence-corrected chi connectivity index (χ2v) is 6.32. The number of aryl methyl sites for hydroxylation is 1. The van der Waals surface area contributed by atoms with Crippen molar-refractivity contribution >= 4 is 22.6 Å². The Morgan fingerprint density at radius 3 is 2.70 bits per heavy atom. The Morgan fingerprint density at radius 1 is 1.11 bits per heavy atom. The third-order valence-electron chi connectivity index (χ3n) is 4.57. The maximum absolute atomic E-state index is 12.7. The van der Waals surface area contributed by atoms with Gasteiger partial charge < -0.3 is 14.6 Å². The molecule has 6 nitrogen and oxygen atoms in total. The van der Waals surface area contributed by atoms with E-state index in [0.717, 1.165) is 22.2 Å². The maximum atomic E-state index is 12.7. The summed E-state index contributed by atoms with van der Waals surface area (Å²) in [6, 6.07) is 19.5. The van der Waals surface area contributed by atoms with Crippen LogP contribution in [-0.2, 0) is 13.6 Å². The molecule has 1 N–H and O–H groups in total. The summed E-state index contributed by atoms with van der Waals surface area (Å²) in [6.45, 7) is 0.655. The summed E-state index contributed by atoms with van der Waals surface area (Å²) in [4.78, 5) is 12.7. The van der Waals surface area contributed by atoms with Crippen molar-refractivity contribution in [2.24, 2.45) is 7.05 Å². The predicted molar refractivity (Wildman–Crippen MR) is 105 cm³/mol. The fourth-order valence-corrected chi connectivity index (χ4v) is 3.20. The number of aromatic nitrogens is 3. The number of amides is 1. The Morgan fingerprint density at radius 2 is 1.93 bits per heavy atom. The van der Waals surface area contributed by atoms with E-state index in [0.29, 0.717) is 18.1 Å². The SMILES string of the molecule is COc1cccc2c1cc(C(=O)Nc1ccn(Cc3ccccc3)n1)n2C. The smallest absolute Gasteiger partial charge is 0.273 e. The van der Waals surface area contributed by atoms with E-state index >= 15 is 0 Å². The van der Waals surface area contributed by atoms with E-state index in [9.17, 15) is 4.79 Å². The summed E-state index contributed by atoms with van der Waals surface area (Å²) < 4.78 is 9.05. The molecule has 27 heavy (non-hydrogen) atoms. The zero-order valence-corrected chi connectivity index (χ0v) is 15.2. The first-order valence-corrected chi connectivity index (χ1v) is 8.67. The van der Waals surface area contributed by atoms with Gasteiger partial charge in [-0.05, 0) is 23.8 Å². The predicted octanol–water partition coefficient (Wildman–Crippen LogP) is 3.68. The summed E-state index contributed by atoms with van der Waals surface area (Å²) in [5.74, 6) is 1.06. The summed E-state index contributed by atoms with van der Waals surface area (Å²) >= 11 is 0. The molecular weight excluding hydrogens is 340 g/mol. The number of carbonyl (C=O) groups excluding carboxylic acids is 1. The molecular formula is C21H20N4O2. The van der Waals surface area contributed by atoms with Crippen molar-refractivity contribution in [3.63, 3.8) is 0 Å². The number of nitrogens with one attached hydrogen (secondary N) is 1. The molecule has 0 aliphatic rings. The van der Waals surface area contributed by atoms with Crippen LogP contribution < -0.4 is 10.1 Å². The first-order chi connectivity index (χ1) is 13.2. The van der Waals surface area contributed by atoms with Gasteiger partial charge in [-0.25, -0.2) is 0 Å². The highest BCUT2D eigenvalue weighted by atomic mass is 16.5. The summed E-state index contributed by atoms with van der Waals surface area (Å²) in [5, 5.41) is 8.22. The van der Waals surface area contributed by atoms with Gasteiger partial charge in [0.25, 0.3) is 5.91 Å². The molecule has 0 aliphatic heterocycles. The lowest BCUT2D eigenvalue weighted by Crippen LogP contribution is -2.16. The summed E-state index contributed by atoms with van der Waals surface area (Å²) in [5.41, 5.74) is 2.64. The minimum atomic E-state index is -0.208. The number of methoxy groups -OCH3 is 1. The molecule has 0 aliphatic carbocycles. The van der Waals surface area contributed by atoms with Crippen LogP contribution in [0.3, 0.4) is 0 Å². The van der Waals surface area contributed by atoms with Gasteiger partial charge in [0.05, 0.1) is 19.2 Å². The largest absolute Gasteiger partial charge is 0.496 e. The molecule has 0 fully saturated rings. The molecule has 0 unspecified atom stereocenters. The third-order valence-corrected chi connectivity index (χ3v) is 4.57. The van der Waals surface area contributed by atoms with E-state index in [-0.39, 0.29) is 5.91 Å². The first-order valence-electron chi connectivity index (χ1n) is 8.67. The molecule has 4 aromatic rings. The molecule has 0 radical (unpaired) electrons. The van der Waals surface area contributed by atoms with Crippen LogP contribution in [-0.4, -0.2) is 27.4 Å². The van der Waals surface area contributed by atoms with Crippen molar-refractivity contribution in [1.82, 2.24) is 14.3 Å². The summed E-state index contributed by atoms with van der Waals surface area (Å²) in [6.07, 6.45) is 1.85. The average molecular weight is 360 g/mol. The number of hydrogen-bond acceptors (Lipinski definition) is 3. The number of ether oxygens (including phenoxy) is 1. The Labute approximate surface area is 157 Å². The lowest BCUT2D eigenvalue weighted by atomic mass is 10.2. The van der Waals surface area contributed by atoms with Crippen LogP contribution in [0.1, 0.15) is 16.1 Å². The van der Waals surface area contributed by atoms with Gasteiger partial charge >= 0.3 is 0 Å². The monoisotopic (exact) mass is 360 g/mol. The number of nitrogens with zero attached hydrogens (tertiary/aromatic N) is 3. The lowest BCUT2D eigenvalue weighted by Gasteiger charge is -2.05. The fourth-order valence-electron chi connectivity index (χ4n) is 3.20. The zero-order valence-electron chi connectivity index (χ0n) is 15.2. The van der Waals surface area contributed by atoms with Crippen LogP contribution in [0, 0.1) is 0 Å². The average Bonchev–Trinajstić information content (AvgIpc) is 3.26. The number of benzene rings is 2. The zero-order chi connectivity index (χ0) is 18.8. The van der Waals surface area contributed by atoms with E-state index < -0.39 is 0 Å². The van der Waals surface area contributed by atoms with Crippen LogP contribution in [0.2, 0.25) is 0 Å². The van der Waals surface area contributed by atoms with Gasteiger partial charge in [0, 0.05) is 24.7 Å². The molecule has 2 aromatic heterocycles. The van der Waals surface area contributed by atoms with Crippen LogP contribution in [0.15, 0.2) is 66.9 Å². The second-order valence-electron chi connectivity index (χ2n) is 6.32. The molecule has 2 heterocycles. The number of hydrogen-bond donors (Lipinski definition) is 1. The molecule has 0 atom stereocenters. The van der Waals surface area contributed by atoms with Crippen molar-refractivity contribution in [3.05, 3.63) is 78.1 Å². The van der Waals surface area contributed by atoms with Gasteiger partial charge in [-0.15, -0.1) is 0 Å². The van der Waals surface area contributed by atoms with E-state index in [1.165, 1.54) is 0 Å². The van der Waals surface area contributed by atoms with Gasteiger partial charge in [0.15, 0.2) is 5.82 Å². The molecule has 4 rings (SSSR count). The van der Waals surface area contributed by atoms with E-state index in [4.69, 9.17) is 4.74 Å². The van der Waals surface area contributed by atoms with E-state index in [2.05, 4.69) is 10.4 Å². The molecule has 0 spiro atoms. The first kappa shape index (κ1) is 16.9. The summed E-state index contributed by atoms with van der Waals surface area (Å²) in [7, 11) is 3.49. The van der Waals surface area contributed by atoms with Gasteiger partial charge in [0.1, 0.15) is 11.4 Å². The van der Waals surface area contributed by atoms with Crippen molar-refractivity contribution in [3.8, 4) is 5.75 Å². The second kappa shape index (κ2) is 6.99. The Hall–Kier alpha value is -3.54. The normalized spacial score (nSPS) is 10.9. The van der Waals surface area contributed by atoms with Gasteiger partial charge in [0.2, 0.25) is 0 Å². The molecule has 2 aromatic carbocycles. The maximum Gasteiger partial charge on any atom is 0.273 e. The van der Waals surface area contributed by atoms with Crippen molar-refractivity contribution < 1.29 is 9.53 Å². The highest BCUT2D eigenvalue weighted by molar-refractivity contribution is 6.06. The van der Waals surface area contributed by atoms with Crippen molar-refractivity contribution in [1.29, 1.82) is 0 Å². The quantitative estimate of drug-likeness (QED) is 0.590. The molecule has 1 amide bonds. The number of fused-ring (bicyclic) bond motifs is 1. The lowest BCUT2D eigenvalue weighted by molar-refractivity contribution is 0.101. The fraction of sp³-hybridized carbons (Fsp3) is 0.143. The molecule has 0 bridgehead atoms. The number of anilines is 1. The van der Waals surface area contributed by atoms with Crippen LogP contribution in [0.25, 0.3) is 10.9 Å². The van der Waals surface area contributed by atoms with Crippen molar-refractivity contribution in [2.45, 2.75) is 6.54 Å². The van der Waals surface area contributed by atoms with Crippen LogP contribution in [0.4, 0.5) is 5.82 Å². The third kappa shape index (κ3) is 3.29. The molecule has 0 saturated heterocycles. The molecule has 0 saturated carbocycles. The topological polar surface area (TPSA) is 61.1 Å². The minimum Gasteiger partial charge on any atom is -0.496 e. The highest BCUT2D eigenvalue weighted by Gasteiger charge is 2.16. The molecule has 136 valence electrons. The Bertz CT molecular complexity index is 1100. The van der Waals surface area contributed by atoms with E-state index in [1.54, 1.807) is 17.9 Å². The van der Waals surface area contributed by atoms with E-state index in [1.807, 2.05) is 72.4 Å².